The highest BCUT2D eigenvalue weighted by Crippen LogP contribution is 2.22. The summed E-state index contributed by atoms with van der Waals surface area (Å²) in [7, 11) is 0. The summed E-state index contributed by atoms with van der Waals surface area (Å²) in [5, 5.41) is 7.50. The third-order valence-corrected chi connectivity index (χ3v) is 2.19. The molecule has 0 spiro atoms. The molecule has 1 N–H and O–H groups in total. The molecule has 0 saturated heterocycles. The highest BCUT2D eigenvalue weighted by Gasteiger charge is 2.22. The lowest BCUT2D eigenvalue weighted by atomic mass is 10.2. The molecule has 0 radical (unpaired) electrons. The van der Waals surface area contributed by atoms with Crippen LogP contribution in [0, 0.1) is 11.8 Å². The third kappa shape index (κ3) is 1.67. The molecular weight excluding hydrogens is 255 g/mol. The lowest BCUT2D eigenvalue weighted by molar-refractivity contribution is 0.139. The predicted molar refractivity (Wildman–Crippen MR) is 53.3 cm³/mol. The largest absolute Gasteiger partial charge is 0.511 e. The van der Waals surface area contributed by atoms with Crippen LogP contribution in [0.15, 0.2) is 23.0 Å². The smallest absolute Gasteiger partial charge is 0.449 e. The Hall–Kier alpha value is -2.51. The molecular formula is C10H4F3NO4. The van der Waals surface area contributed by atoms with Gasteiger partial charge in [0, 0.05) is 0 Å². The molecule has 2 rings (SSSR count). The zero-order chi connectivity index (χ0) is 13.4. The average molecular weight is 259 g/mol. The highest BCUT2D eigenvalue weighted by atomic mass is 19.2. The summed E-state index contributed by atoms with van der Waals surface area (Å²) in [6, 6.07) is 2.89. The normalized spacial score (nSPS) is 10.6. The fourth-order valence-corrected chi connectivity index (χ4v) is 1.48. The molecule has 5 nitrogen and oxygen atoms in total. The van der Waals surface area contributed by atoms with Crippen molar-refractivity contribution >= 4 is 17.1 Å². The fourth-order valence-electron chi connectivity index (χ4n) is 1.48. The van der Waals surface area contributed by atoms with Crippen LogP contribution in [0.3, 0.4) is 0 Å². The molecule has 0 aliphatic rings. The van der Waals surface area contributed by atoms with Crippen molar-refractivity contribution in [3.8, 4) is 5.75 Å². The quantitative estimate of drug-likeness (QED) is 0.628. The minimum absolute atomic E-state index is 0.655. The Morgan fingerprint density at radius 2 is 2.00 bits per heavy atom. The molecule has 8 heteroatoms. The third-order valence-electron chi connectivity index (χ3n) is 2.19. The Labute approximate surface area is 96.6 Å². The first-order chi connectivity index (χ1) is 8.43. The highest BCUT2D eigenvalue weighted by molar-refractivity contribution is 5.81. The van der Waals surface area contributed by atoms with Gasteiger partial charge in [-0.15, -0.1) is 4.79 Å². The molecule has 1 heterocycles. The van der Waals surface area contributed by atoms with Crippen LogP contribution in [-0.4, -0.2) is 16.1 Å². The maximum Gasteiger partial charge on any atom is 0.511 e. The number of hydrogen-bond donors (Lipinski definition) is 1. The van der Waals surface area contributed by atoms with Crippen molar-refractivity contribution in [3.05, 3.63) is 40.2 Å². The number of ether oxygens (including phenoxy) is 1. The van der Waals surface area contributed by atoms with Crippen molar-refractivity contribution in [2.75, 3.05) is 0 Å². The van der Waals surface area contributed by atoms with Crippen molar-refractivity contribution in [1.29, 1.82) is 0 Å². The van der Waals surface area contributed by atoms with Gasteiger partial charge in [-0.2, -0.15) is 4.39 Å². The van der Waals surface area contributed by atoms with Crippen LogP contribution >= 0.6 is 0 Å². The van der Waals surface area contributed by atoms with Gasteiger partial charge in [0.2, 0.25) is 11.2 Å². The molecule has 1 aromatic heterocycles. The first-order valence-corrected chi connectivity index (χ1v) is 4.53. The van der Waals surface area contributed by atoms with Gasteiger partial charge in [-0.1, -0.05) is 10.5 Å². The van der Waals surface area contributed by atoms with Gasteiger partial charge in [-0.25, -0.2) is 9.18 Å². The Bertz CT molecular complexity index is 710. The van der Waals surface area contributed by atoms with Crippen LogP contribution in [0.5, 0.6) is 5.75 Å². The number of nitrogens with zero attached hydrogens (tertiary/aromatic N) is 1. The van der Waals surface area contributed by atoms with Crippen molar-refractivity contribution in [2.24, 2.45) is 0 Å². The van der Waals surface area contributed by atoms with E-state index in [1.807, 2.05) is 0 Å². The van der Waals surface area contributed by atoms with Gasteiger partial charge < -0.3 is 9.84 Å². The second kappa shape index (κ2) is 4.06. The van der Waals surface area contributed by atoms with Crippen LogP contribution in [0.2, 0.25) is 0 Å². The minimum Gasteiger partial charge on any atom is -0.449 e. The molecule has 1 aromatic carbocycles. The molecule has 0 unspecified atom stereocenters. The lowest BCUT2D eigenvalue weighted by Gasteiger charge is -2.07. The van der Waals surface area contributed by atoms with Crippen LogP contribution < -0.4 is 10.2 Å². The van der Waals surface area contributed by atoms with Crippen LogP contribution in [-0.2, 0) is 0 Å². The van der Waals surface area contributed by atoms with E-state index in [0.717, 1.165) is 18.2 Å². The van der Waals surface area contributed by atoms with Gasteiger partial charge in [0.25, 0.3) is 5.95 Å². The molecule has 0 fully saturated rings. The molecule has 0 bridgehead atoms. The number of carbonyl (C=O) groups is 1. The van der Waals surface area contributed by atoms with Gasteiger partial charge in [0.05, 0.1) is 10.9 Å². The van der Waals surface area contributed by atoms with E-state index < -0.39 is 44.8 Å². The number of carboxylic acid groups (broad SMARTS) is 1. The zero-order valence-electron chi connectivity index (χ0n) is 8.49. The van der Waals surface area contributed by atoms with Crippen LogP contribution in [0.4, 0.5) is 18.1 Å². The van der Waals surface area contributed by atoms with Gasteiger partial charge in [0.1, 0.15) is 5.82 Å². The first-order valence-electron chi connectivity index (χ1n) is 4.53. The number of benzene rings is 1. The second-order valence-corrected chi connectivity index (χ2v) is 3.23. The van der Waals surface area contributed by atoms with Gasteiger partial charge >= 0.3 is 6.16 Å². The Morgan fingerprint density at radius 1 is 1.33 bits per heavy atom. The Balaban J connectivity index is 2.94. The average Bonchev–Trinajstić information content (AvgIpc) is 2.31. The number of fused-ring (bicyclic) bond motifs is 1. The van der Waals surface area contributed by atoms with Gasteiger partial charge in [-0.05, 0) is 12.1 Å². The Kier molecular flexibility index (Phi) is 2.70. The standard InChI is InChI=1S/C10H4F3NO4/c11-4-2-1-3-5-6(4)7(15)8(18-10(16)17)9(12)14(5)13/h1-3H,(H,16,17). The van der Waals surface area contributed by atoms with E-state index in [2.05, 4.69) is 4.74 Å². The van der Waals surface area contributed by atoms with E-state index >= 15 is 0 Å². The number of aromatic nitrogens is 1. The molecule has 18 heavy (non-hydrogen) atoms. The molecule has 2 aromatic rings. The summed E-state index contributed by atoms with van der Waals surface area (Å²) in [5.41, 5.74) is -2.04. The Morgan fingerprint density at radius 3 is 2.61 bits per heavy atom. The van der Waals surface area contributed by atoms with Gasteiger partial charge in [0.15, 0.2) is 0 Å². The van der Waals surface area contributed by atoms with E-state index in [9.17, 15) is 22.9 Å². The lowest BCUT2D eigenvalue weighted by Crippen LogP contribution is -2.18. The fraction of sp³-hybridized carbons (Fsp3) is 0. The summed E-state index contributed by atoms with van der Waals surface area (Å²) in [6.07, 6.45) is -2.01. The summed E-state index contributed by atoms with van der Waals surface area (Å²) in [5.74, 6) is -4.37. The zero-order valence-corrected chi connectivity index (χ0v) is 8.49. The number of pyridine rings is 1. The maximum atomic E-state index is 13.4. The maximum absolute atomic E-state index is 13.4. The number of hydrogen-bond acceptors (Lipinski definition) is 3. The summed E-state index contributed by atoms with van der Waals surface area (Å²) < 4.78 is 44.0. The van der Waals surface area contributed by atoms with E-state index in [0.29, 0.717) is 0 Å². The minimum atomic E-state index is -2.01. The van der Waals surface area contributed by atoms with E-state index in [4.69, 9.17) is 5.11 Å². The number of halogens is 3. The molecule has 0 aliphatic heterocycles. The predicted octanol–water partition coefficient (Wildman–Crippen LogP) is 2.07. The van der Waals surface area contributed by atoms with E-state index in [1.165, 1.54) is 0 Å². The summed E-state index contributed by atoms with van der Waals surface area (Å²) >= 11 is 0. The summed E-state index contributed by atoms with van der Waals surface area (Å²) in [4.78, 5) is 21.2. The second-order valence-electron chi connectivity index (χ2n) is 3.23. The molecule has 0 amide bonds. The SMILES string of the molecule is O=C(O)Oc1c(F)n(F)c2cccc(F)c2c1=O. The molecule has 0 aliphatic carbocycles. The van der Waals surface area contributed by atoms with Crippen molar-refractivity contribution in [1.82, 2.24) is 4.79 Å². The van der Waals surface area contributed by atoms with Crippen LogP contribution in [0.1, 0.15) is 0 Å². The van der Waals surface area contributed by atoms with Crippen molar-refractivity contribution < 1.29 is 27.9 Å². The molecule has 0 atom stereocenters. The van der Waals surface area contributed by atoms with Crippen molar-refractivity contribution in [2.45, 2.75) is 0 Å². The molecule has 94 valence electrons. The van der Waals surface area contributed by atoms with E-state index in [-0.39, 0.29) is 0 Å². The number of rotatable bonds is 1. The topological polar surface area (TPSA) is 68.5 Å². The van der Waals surface area contributed by atoms with Crippen molar-refractivity contribution in [3.63, 3.8) is 0 Å². The van der Waals surface area contributed by atoms with Crippen LogP contribution in [0.25, 0.3) is 10.9 Å². The van der Waals surface area contributed by atoms with Gasteiger partial charge in [-0.3, -0.25) is 4.79 Å². The van der Waals surface area contributed by atoms with E-state index in [1.54, 1.807) is 0 Å². The monoisotopic (exact) mass is 259 g/mol. The molecule has 0 saturated carbocycles. The first kappa shape index (κ1) is 12.0. The summed E-state index contributed by atoms with van der Waals surface area (Å²) in [6.45, 7) is 0.